The molecular weight excluding hydrogens is 240 g/mol. The van der Waals surface area contributed by atoms with Gasteiger partial charge in [-0.15, -0.1) is 6.58 Å². The molecule has 0 N–H and O–H groups in total. The van der Waals surface area contributed by atoms with Crippen LogP contribution in [0.3, 0.4) is 0 Å². The molecule has 1 aromatic carbocycles. The molecule has 1 aliphatic rings. The van der Waals surface area contributed by atoms with Gasteiger partial charge in [0.25, 0.3) is 0 Å². The van der Waals surface area contributed by atoms with E-state index in [-0.39, 0.29) is 5.78 Å². The Bertz CT molecular complexity index is 493. The van der Waals surface area contributed by atoms with Crippen molar-refractivity contribution in [1.82, 2.24) is 0 Å². The molecular formula is C16H20O3. The molecule has 0 amide bonds. The van der Waals surface area contributed by atoms with Gasteiger partial charge in [-0.05, 0) is 25.3 Å². The van der Waals surface area contributed by atoms with Gasteiger partial charge in [0.05, 0.1) is 19.6 Å². The quantitative estimate of drug-likeness (QED) is 0.762. The van der Waals surface area contributed by atoms with Gasteiger partial charge in [-0.25, -0.2) is 0 Å². The number of hydrogen-bond donors (Lipinski definition) is 0. The van der Waals surface area contributed by atoms with E-state index < -0.39 is 5.41 Å². The van der Waals surface area contributed by atoms with Crippen LogP contribution in [0.15, 0.2) is 30.9 Å². The van der Waals surface area contributed by atoms with Crippen molar-refractivity contribution >= 4 is 5.78 Å². The van der Waals surface area contributed by atoms with Crippen molar-refractivity contribution in [2.75, 3.05) is 14.2 Å². The van der Waals surface area contributed by atoms with Crippen LogP contribution < -0.4 is 9.47 Å². The monoisotopic (exact) mass is 260 g/mol. The minimum absolute atomic E-state index is 0.288. The Hall–Kier alpha value is -1.77. The average Bonchev–Trinajstić information content (AvgIpc) is 2.80. The average molecular weight is 260 g/mol. The van der Waals surface area contributed by atoms with Crippen molar-refractivity contribution in [3.05, 3.63) is 36.4 Å². The first kappa shape index (κ1) is 13.7. The number of ether oxygens (including phenoxy) is 2. The van der Waals surface area contributed by atoms with Crippen LogP contribution in [0.2, 0.25) is 0 Å². The molecule has 0 heterocycles. The summed E-state index contributed by atoms with van der Waals surface area (Å²) in [5, 5.41) is 0. The fourth-order valence-electron chi connectivity index (χ4n) is 2.98. The summed E-state index contributed by atoms with van der Waals surface area (Å²) in [6.07, 6.45) is 4.92. The van der Waals surface area contributed by atoms with Crippen molar-refractivity contribution in [2.24, 2.45) is 0 Å². The molecule has 0 radical (unpaired) electrons. The van der Waals surface area contributed by atoms with Crippen LogP contribution in [0.25, 0.3) is 0 Å². The fraction of sp³-hybridized carbons (Fsp3) is 0.438. The van der Waals surface area contributed by atoms with Crippen molar-refractivity contribution in [3.8, 4) is 11.5 Å². The number of methoxy groups -OCH3 is 2. The van der Waals surface area contributed by atoms with Gasteiger partial charge in [-0.1, -0.05) is 12.1 Å². The summed E-state index contributed by atoms with van der Waals surface area (Å²) in [7, 11) is 3.24. The summed E-state index contributed by atoms with van der Waals surface area (Å²) in [5.41, 5.74) is 0.498. The molecule has 1 aromatic rings. The third kappa shape index (κ3) is 2.25. The molecule has 3 heteroatoms. The molecule has 0 saturated heterocycles. The maximum Gasteiger partial charge on any atom is 0.143 e. The SMILES string of the molecule is C=CC[C@]1(c2ccc(OC)cc2OC)CCCC1=O. The number of rotatable bonds is 5. The van der Waals surface area contributed by atoms with Crippen LogP contribution in [0.5, 0.6) is 11.5 Å². The molecule has 2 rings (SSSR count). The normalized spacial score (nSPS) is 22.3. The second kappa shape index (κ2) is 5.47. The Morgan fingerprint density at radius 1 is 1.37 bits per heavy atom. The second-order valence-electron chi connectivity index (χ2n) is 4.92. The van der Waals surface area contributed by atoms with Gasteiger partial charge in [-0.2, -0.15) is 0 Å². The van der Waals surface area contributed by atoms with Crippen molar-refractivity contribution in [1.29, 1.82) is 0 Å². The summed E-state index contributed by atoms with van der Waals surface area (Å²) in [5.74, 6) is 1.74. The molecule has 0 aliphatic heterocycles. The van der Waals surface area contributed by atoms with E-state index in [0.717, 1.165) is 29.9 Å². The van der Waals surface area contributed by atoms with E-state index in [4.69, 9.17) is 9.47 Å². The third-order valence-electron chi connectivity index (χ3n) is 3.96. The third-order valence-corrected chi connectivity index (χ3v) is 3.96. The zero-order valence-corrected chi connectivity index (χ0v) is 11.6. The molecule has 102 valence electrons. The van der Waals surface area contributed by atoms with Crippen LogP contribution in [0.4, 0.5) is 0 Å². The molecule has 0 spiro atoms. The number of Topliss-reactive ketones (excluding diaryl/α,β-unsaturated/α-hetero) is 1. The van der Waals surface area contributed by atoms with Crippen LogP contribution in [0.1, 0.15) is 31.2 Å². The predicted octanol–water partition coefficient (Wildman–Crippen LogP) is 3.27. The van der Waals surface area contributed by atoms with E-state index in [1.165, 1.54) is 0 Å². The topological polar surface area (TPSA) is 35.5 Å². The molecule has 19 heavy (non-hydrogen) atoms. The smallest absolute Gasteiger partial charge is 0.143 e. The number of carbonyl (C=O) groups excluding carboxylic acids is 1. The highest BCUT2D eigenvalue weighted by atomic mass is 16.5. The maximum absolute atomic E-state index is 12.4. The number of hydrogen-bond acceptors (Lipinski definition) is 3. The van der Waals surface area contributed by atoms with Gasteiger partial charge in [-0.3, -0.25) is 4.79 Å². The molecule has 3 nitrogen and oxygen atoms in total. The summed E-state index contributed by atoms with van der Waals surface area (Å²) >= 11 is 0. The van der Waals surface area contributed by atoms with Crippen molar-refractivity contribution in [2.45, 2.75) is 31.1 Å². The van der Waals surface area contributed by atoms with Crippen molar-refractivity contribution in [3.63, 3.8) is 0 Å². The lowest BCUT2D eigenvalue weighted by Crippen LogP contribution is -2.30. The van der Waals surface area contributed by atoms with E-state index in [1.807, 2.05) is 24.3 Å². The molecule has 0 aromatic heterocycles. The summed E-state index contributed by atoms with van der Waals surface area (Å²) in [6.45, 7) is 3.80. The number of benzene rings is 1. The predicted molar refractivity (Wildman–Crippen MR) is 74.9 cm³/mol. The Labute approximate surface area is 114 Å². The van der Waals surface area contributed by atoms with Gasteiger partial charge in [0.15, 0.2) is 0 Å². The van der Waals surface area contributed by atoms with Crippen LogP contribution in [-0.2, 0) is 10.2 Å². The molecule has 0 unspecified atom stereocenters. The lowest BCUT2D eigenvalue weighted by Gasteiger charge is -2.28. The number of allylic oxidation sites excluding steroid dienone is 1. The minimum atomic E-state index is -0.459. The van der Waals surface area contributed by atoms with Gasteiger partial charge >= 0.3 is 0 Å². The van der Waals surface area contributed by atoms with Crippen LogP contribution >= 0.6 is 0 Å². The van der Waals surface area contributed by atoms with E-state index >= 15 is 0 Å². The van der Waals surface area contributed by atoms with Gasteiger partial charge in [0.2, 0.25) is 0 Å². The van der Waals surface area contributed by atoms with E-state index in [1.54, 1.807) is 14.2 Å². The van der Waals surface area contributed by atoms with Gasteiger partial charge in [0, 0.05) is 18.1 Å². The zero-order valence-electron chi connectivity index (χ0n) is 11.6. The lowest BCUT2D eigenvalue weighted by atomic mass is 9.75. The highest BCUT2D eigenvalue weighted by Gasteiger charge is 2.44. The van der Waals surface area contributed by atoms with Gasteiger partial charge < -0.3 is 9.47 Å². The Kier molecular flexibility index (Phi) is 3.93. The lowest BCUT2D eigenvalue weighted by molar-refractivity contribution is -0.122. The minimum Gasteiger partial charge on any atom is -0.497 e. The highest BCUT2D eigenvalue weighted by molar-refractivity contribution is 5.93. The van der Waals surface area contributed by atoms with Crippen LogP contribution in [-0.4, -0.2) is 20.0 Å². The van der Waals surface area contributed by atoms with Gasteiger partial charge in [0.1, 0.15) is 17.3 Å². The summed E-state index contributed by atoms with van der Waals surface area (Å²) in [6, 6.07) is 5.67. The number of ketones is 1. The molecule has 1 atom stereocenters. The highest BCUT2D eigenvalue weighted by Crippen LogP contribution is 2.45. The van der Waals surface area contributed by atoms with E-state index in [9.17, 15) is 4.79 Å². The van der Waals surface area contributed by atoms with Crippen LogP contribution in [0, 0.1) is 0 Å². The maximum atomic E-state index is 12.4. The Morgan fingerprint density at radius 3 is 2.68 bits per heavy atom. The Balaban J connectivity index is 2.53. The molecule has 1 fully saturated rings. The fourth-order valence-corrected chi connectivity index (χ4v) is 2.98. The van der Waals surface area contributed by atoms with E-state index in [0.29, 0.717) is 12.8 Å². The second-order valence-corrected chi connectivity index (χ2v) is 4.92. The zero-order chi connectivity index (χ0) is 13.9. The summed E-state index contributed by atoms with van der Waals surface area (Å²) < 4.78 is 10.7. The first-order valence-electron chi connectivity index (χ1n) is 6.54. The standard InChI is InChI=1S/C16H20O3/c1-4-9-16(10-5-6-15(16)17)13-8-7-12(18-2)11-14(13)19-3/h4,7-8,11H,1,5-6,9-10H2,2-3H3/t16-/m1/s1. The molecule has 0 bridgehead atoms. The largest absolute Gasteiger partial charge is 0.497 e. The van der Waals surface area contributed by atoms with E-state index in [2.05, 4.69) is 6.58 Å². The molecule has 1 aliphatic carbocycles. The van der Waals surface area contributed by atoms with Crippen molar-refractivity contribution < 1.29 is 14.3 Å². The first-order chi connectivity index (χ1) is 9.17. The molecule has 1 saturated carbocycles. The summed E-state index contributed by atoms with van der Waals surface area (Å²) in [4.78, 5) is 12.4. The Morgan fingerprint density at radius 2 is 2.16 bits per heavy atom. The number of carbonyl (C=O) groups is 1. The first-order valence-corrected chi connectivity index (χ1v) is 6.54.